The first-order valence-electron chi connectivity index (χ1n) is 6.75. The molecule has 0 radical (unpaired) electrons. The van der Waals surface area contributed by atoms with E-state index < -0.39 is 0 Å². The lowest BCUT2D eigenvalue weighted by molar-refractivity contribution is 0.0918. The molecule has 2 rings (SSSR count). The minimum absolute atomic E-state index is 0.352. The van der Waals surface area contributed by atoms with Crippen LogP contribution < -0.4 is 5.32 Å². The SMILES string of the molecule is CNCC1(CN2CCSC(C)C2C)CCOC1. The van der Waals surface area contributed by atoms with E-state index in [4.69, 9.17) is 4.74 Å². The minimum Gasteiger partial charge on any atom is -0.381 e. The Hall–Kier alpha value is 0.230. The van der Waals surface area contributed by atoms with Gasteiger partial charge in [0.15, 0.2) is 0 Å². The molecule has 2 aliphatic rings. The van der Waals surface area contributed by atoms with Crippen LogP contribution in [0, 0.1) is 5.41 Å². The molecule has 2 heterocycles. The van der Waals surface area contributed by atoms with E-state index in [2.05, 4.69) is 42.9 Å². The first-order chi connectivity index (χ1) is 8.17. The molecule has 0 saturated carbocycles. The van der Waals surface area contributed by atoms with Crippen LogP contribution in [0.25, 0.3) is 0 Å². The second-order valence-corrected chi connectivity index (χ2v) is 7.11. The molecule has 17 heavy (non-hydrogen) atoms. The Morgan fingerprint density at radius 1 is 1.47 bits per heavy atom. The van der Waals surface area contributed by atoms with Crippen molar-refractivity contribution in [1.82, 2.24) is 10.2 Å². The molecule has 2 aliphatic heterocycles. The van der Waals surface area contributed by atoms with Crippen molar-refractivity contribution in [3.8, 4) is 0 Å². The largest absolute Gasteiger partial charge is 0.381 e. The number of hydrogen-bond donors (Lipinski definition) is 1. The number of nitrogens with zero attached hydrogens (tertiary/aromatic N) is 1. The maximum absolute atomic E-state index is 5.64. The van der Waals surface area contributed by atoms with Crippen molar-refractivity contribution in [2.75, 3.05) is 45.6 Å². The Balaban J connectivity index is 1.97. The van der Waals surface area contributed by atoms with Gasteiger partial charge < -0.3 is 10.1 Å². The summed E-state index contributed by atoms with van der Waals surface area (Å²) in [6.45, 7) is 10.1. The monoisotopic (exact) mass is 258 g/mol. The molecule has 0 spiro atoms. The van der Waals surface area contributed by atoms with Crippen molar-refractivity contribution in [3.63, 3.8) is 0 Å². The summed E-state index contributed by atoms with van der Waals surface area (Å²) in [7, 11) is 2.05. The van der Waals surface area contributed by atoms with Gasteiger partial charge in [0.05, 0.1) is 6.61 Å². The molecule has 0 aromatic rings. The molecule has 0 aromatic heterocycles. The zero-order valence-corrected chi connectivity index (χ0v) is 12.2. The van der Waals surface area contributed by atoms with Crippen LogP contribution in [0.1, 0.15) is 20.3 Å². The van der Waals surface area contributed by atoms with E-state index in [9.17, 15) is 0 Å². The van der Waals surface area contributed by atoms with Gasteiger partial charge in [0.25, 0.3) is 0 Å². The van der Waals surface area contributed by atoms with Crippen LogP contribution in [0.2, 0.25) is 0 Å². The lowest BCUT2D eigenvalue weighted by atomic mass is 9.86. The predicted octanol–water partition coefficient (Wildman–Crippen LogP) is 1.44. The molecular weight excluding hydrogens is 232 g/mol. The minimum atomic E-state index is 0.352. The van der Waals surface area contributed by atoms with E-state index in [0.717, 1.165) is 25.0 Å². The molecule has 0 bridgehead atoms. The van der Waals surface area contributed by atoms with Gasteiger partial charge >= 0.3 is 0 Å². The third-order valence-electron chi connectivity index (χ3n) is 4.29. The van der Waals surface area contributed by atoms with Crippen molar-refractivity contribution in [2.45, 2.75) is 31.6 Å². The summed E-state index contributed by atoms with van der Waals surface area (Å²) < 4.78 is 5.64. The Labute approximate surface area is 110 Å². The van der Waals surface area contributed by atoms with Gasteiger partial charge in [0.1, 0.15) is 0 Å². The van der Waals surface area contributed by atoms with Gasteiger partial charge in [0.2, 0.25) is 0 Å². The molecule has 2 fully saturated rings. The lowest BCUT2D eigenvalue weighted by Crippen LogP contribution is -2.52. The quantitative estimate of drug-likeness (QED) is 0.825. The molecule has 3 nitrogen and oxygen atoms in total. The highest BCUT2D eigenvalue weighted by Crippen LogP contribution is 2.32. The zero-order valence-electron chi connectivity index (χ0n) is 11.4. The van der Waals surface area contributed by atoms with Gasteiger partial charge in [-0.2, -0.15) is 11.8 Å². The summed E-state index contributed by atoms with van der Waals surface area (Å²) in [4.78, 5) is 2.67. The topological polar surface area (TPSA) is 24.5 Å². The van der Waals surface area contributed by atoms with Crippen LogP contribution in [0.4, 0.5) is 0 Å². The third kappa shape index (κ3) is 3.16. The smallest absolute Gasteiger partial charge is 0.0547 e. The van der Waals surface area contributed by atoms with Crippen LogP contribution in [-0.2, 0) is 4.74 Å². The normalized spacial score (nSPS) is 39.7. The highest BCUT2D eigenvalue weighted by Gasteiger charge is 2.38. The highest BCUT2D eigenvalue weighted by molar-refractivity contribution is 8.00. The summed E-state index contributed by atoms with van der Waals surface area (Å²) in [5.41, 5.74) is 0.352. The van der Waals surface area contributed by atoms with Gasteiger partial charge in [-0.15, -0.1) is 0 Å². The van der Waals surface area contributed by atoms with Gasteiger partial charge in [-0.25, -0.2) is 0 Å². The summed E-state index contributed by atoms with van der Waals surface area (Å²) >= 11 is 2.11. The first kappa shape index (κ1) is 13.7. The standard InChI is InChI=1S/C13H26N2OS/c1-11-12(2)17-7-5-15(11)9-13(8-14-3)4-6-16-10-13/h11-12,14H,4-10H2,1-3H3. The van der Waals surface area contributed by atoms with Crippen molar-refractivity contribution >= 4 is 11.8 Å². The van der Waals surface area contributed by atoms with Gasteiger partial charge in [-0.05, 0) is 20.4 Å². The van der Waals surface area contributed by atoms with Crippen molar-refractivity contribution in [3.05, 3.63) is 0 Å². The maximum Gasteiger partial charge on any atom is 0.0547 e. The third-order valence-corrected chi connectivity index (χ3v) is 5.63. The fraction of sp³-hybridized carbons (Fsp3) is 1.00. The molecule has 1 N–H and O–H groups in total. The average Bonchev–Trinajstić information content (AvgIpc) is 2.74. The number of rotatable bonds is 4. The van der Waals surface area contributed by atoms with Crippen LogP contribution in [0.5, 0.6) is 0 Å². The van der Waals surface area contributed by atoms with E-state index >= 15 is 0 Å². The first-order valence-corrected chi connectivity index (χ1v) is 7.80. The van der Waals surface area contributed by atoms with E-state index in [0.29, 0.717) is 11.5 Å². The molecule has 4 heteroatoms. The molecule has 3 unspecified atom stereocenters. The Morgan fingerprint density at radius 2 is 2.29 bits per heavy atom. The van der Waals surface area contributed by atoms with Crippen LogP contribution in [-0.4, -0.2) is 61.8 Å². The number of nitrogens with one attached hydrogen (secondary N) is 1. The fourth-order valence-corrected chi connectivity index (χ4v) is 4.16. The number of hydrogen-bond acceptors (Lipinski definition) is 4. The Bertz CT molecular complexity index is 244. The predicted molar refractivity (Wildman–Crippen MR) is 74.8 cm³/mol. The van der Waals surface area contributed by atoms with E-state index in [1.165, 1.54) is 25.3 Å². The second kappa shape index (κ2) is 5.91. The number of ether oxygens (including phenoxy) is 1. The van der Waals surface area contributed by atoms with Crippen LogP contribution in [0.3, 0.4) is 0 Å². The van der Waals surface area contributed by atoms with Crippen LogP contribution >= 0.6 is 11.8 Å². The molecule has 2 saturated heterocycles. The average molecular weight is 258 g/mol. The zero-order chi connectivity index (χ0) is 12.3. The van der Waals surface area contributed by atoms with Gasteiger partial charge in [0, 0.05) is 48.7 Å². The van der Waals surface area contributed by atoms with E-state index in [1.54, 1.807) is 0 Å². The number of thioether (sulfide) groups is 1. The van der Waals surface area contributed by atoms with Crippen molar-refractivity contribution < 1.29 is 4.74 Å². The summed E-state index contributed by atoms with van der Waals surface area (Å²) in [5, 5.41) is 4.12. The van der Waals surface area contributed by atoms with Gasteiger partial charge in [-0.3, -0.25) is 4.90 Å². The van der Waals surface area contributed by atoms with E-state index in [1.807, 2.05) is 0 Å². The highest BCUT2D eigenvalue weighted by atomic mass is 32.2. The lowest BCUT2D eigenvalue weighted by Gasteiger charge is -2.42. The fourth-order valence-electron chi connectivity index (χ4n) is 2.99. The summed E-state index contributed by atoms with van der Waals surface area (Å²) in [5.74, 6) is 1.28. The molecule has 100 valence electrons. The van der Waals surface area contributed by atoms with Crippen molar-refractivity contribution in [2.24, 2.45) is 5.41 Å². The van der Waals surface area contributed by atoms with Crippen molar-refractivity contribution in [1.29, 1.82) is 0 Å². The Morgan fingerprint density at radius 3 is 2.94 bits per heavy atom. The van der Waals surface area contributed by atoms with Gasteiger partial charge in [-0.1, -0.05) is 6.92 Å². The molecule has 0 amide bonds. The summed E-state index contributed by atoms with van der Waals surface area (Å²) in [6.07, 6.45) is 1.21. The molecule has 0 aliphatic carbocycles. The molecule has 0 aromatic carbocycles. The van der Waals surface area contributed by atoms with E-state index in [-0.39, 0.29) is 0 Å². The van der Waals surface area contributed by atoms with Crippen LogP contribution in [0.15, 0.2) is 0 Å². The summed E-state index contributed by atoms with van der Waals surface area (Å²) in [6, 6.07) is 0.697. The second-order valence-electron chi connectivity index (χ2n) is 5.62. The molecular formula is C13H26N2OS. The molecule has 3 atom stereocenters. The maximum atomic E-state index is 5.64. The Kier molecular flexibility index (Phi) is 4.75.